The third-order valence-electron chi connectivity index (χ3n) is 8.93. The third-order valence-corrected chi connectivity index (χ3v) is 8.93. The fraction of sp³-hybridized carbons (Fsp3) is 0. The highest BCUT2D eigenvalue weighted by Crippen LogP contribution is 2.47. The molecule has 0 aliphatic heterocycles. The van der Waals surface area contributed by atoms with Gasteiger partial charge in [0.2, 0.25) is 0 Å². The van der Waals surface area contributed by atoms with Crippen molar-refractivity contribution in [2.75, 3.05) is 0 Å². The molecule has 0 radical (unpaired) electrons. The molecule has 10 rings (SSSR count). The molecular formula is C39H22N4. The average molecular weight is 547 g/mol. The maximum atomic E-state index is 4.99. The number of hydrogen-bond donors (Lipinski definition) is 0. The molecule has 0 fully saturated rings. The Morgan fingerprint density at radius 2 is 0.907 bits per heavy atom. The molecule has 0 saturated carbocycles. The van der Waals surface area contributed by atoms with E-state index in [2.05, 4.69) is 77.2 Å². The molecule has 0 aliphatic carbocycles. The van der Waals surface area contributed by atoms with Crippen molar-refractivity contribution >= 4 is 59.6 Å². The Bertz CT molecular complexity index is 2600. The van der Waals surface area contributed by atoms with E-state index < -0.39 is 0 Å². The van der Waals surface area contributed by atoms with E-state index in [1.165, 1.54) is 59.6 Å². The molecule has 4 nitrogen and oxygen atoms in total. The summed E-state index contributed by atoms with van der Waals surface area (Å²) >= 11 is 0. The molecule has 4 heteroatoms. The summed E-state index contributed by atoms with van der Waals surface area (Å²) < 4.78 is 2.45. The van der Waals surface area contributed by atoms with Crippen LogP contribution in [0.25, 0.3) is 93.8 Å². The van der Waals surface area contributed by atoms with E-state index in [0.717, 1.165) is 16.7 Å². The van der Waals surface area contributed by atoms with Crippen molar-refractivity contribution in [3.05, 3.63) is 133 Å². The zero-order chi connectivity index (χ0) is 28.1. The van der Waals surface area contributed by atoms with Gasteiger partial charge in [0.15, 0.2) is 17.5 Å². The third kappa shape index (κ3) is 3.07. The SMILES string of the molecule is c1ccc(-c2nc(-c3ccccc3)nc(-c3ccc4c(c3)c3ccc5c6ccccc6c6cccc7c6c5c3n47)n2)cc1. The molecule has 43 heavy (non-hydrogen) atoms. The predicted octanol–water partition coefficient (Wildman–Crippen LogP) is 9.77. The Kier molecular flexibility index (Phi) is 4.42. The Balaban J connectivity index is 1.27. The zero-order valence-corrected chi connectivity index (χ0v) is 23.0. The van der Waals surface area contributed by atoms with Crippen LogP contribution >= 0.6 is 0 Å². The van der Waals surface area contributed by atoms with Crippen LogP contribution in [0.1, 0.15) is 0 Å². The van der Waals surface area contributed by atoms with Crippen LogP contribution < -0.4 is 0 Å². The van der Waals surface area contributed by atoms with Crippen molar-refractivity contribution in [2.45, 2.75) is 0 Å². The number of benzene rings is 7. The molecule has 0 atom stereocenters. The maximum absolute atomic E-state index is 4.99. The molecule has 7 aromatic carbocycles. The van der Waals surface area contributed by atoms with E-state index >= 15 is 0 Å². The summed E-state index contributed by atoms with van der Waals surface area (Å²) in [6, 6.07) is 47.0. The van der Waals surface area contributed by atoms with Gasteiger partial charge in [-0.05, 0) is 45.8 Å². The predicted molar refractivity (Wildman–Crippen MR) is 177 cm³/mol. The van der Waals surface area contributed by atoms with Crippen LogP contribution in [0, 0.1) is 0 Å². The van der Waals surface area contributed by atoms with E-state index in [1.54, 1.807) is 0 Å². The van der Waals surface area contributed by atoms with Crippen LogP contribution in [0.4, 0.5) is 0 Å². The highest BCUT2D eigenvalue weighted by Gasteiger charge is 2.23. The molecule has 0 N–H and O–H groups in total. The molecule has 0 amide bonds. The van der Waals surface area contributed by atoms with Gasteiger partial charge in [0.25, 0.3) is 0 Å². The summed E-state index contributed by atoms with van der Waals surface area (Å²) in [6.07, 6.45) is 0. The Hall–Kier alpha value is -5.87. The molecule has 0 saturated heterocycles. The van der Waals surface area contributed by atoms with Gasteiger partial charge >= 0.3 is 0 Å². The first-order valence-electron chi connectivity index (χ1n) is 14.6. The lowest BCUT2D eigenvalue weighted by Gasteiger charge is -2.10. The second-order valence-corrected chi connectivity index (χ2v) is 11.2. The molecule has 0 unspecified atom stereocenters. The zero-order valence-electron chi connectivity index (χ0n) is 23.0. The van der Waals surface area contributed by atoms with Crippen molar-refractivity contribution in [1.29, 1.82) is 0 Å². The normalized spacial score (nSPS) is 12.2. The van der Waals surface area contributed by atoms with Gasteiger partial charge in [0.1, 0.15) is 0 Å². The summed E-state index contributed by atoms with van der Waals surface area (Å²) in [5, 5.41) is 10.4. The quantitative estimate of drug-likeness (QED) is 0.207. The lowest BCUT2D eigenvalue weighted by molar-refractivity contribution is 1.07. The Labute approximate surface area is 246 Å². The second-order valence-electron chi connectivity index (χ2n) is 11.2. The molecule has 0 aliphatic rings. The van der Waals surface area contributed by atoms with Gasteiger partial charge in [-0.25, -0.2) is 15.0 Å². The molecule has 0 bridgehead atoms. The van der Waals surface area contributed by atoms with E-state index in [-0.39, 0.29) is 0 Å². The van der Waals surface area contributed by atoms with Gasteiger partial charge in [-0.1, -0.05) is 109 Å². The first-order chi connectivity index (χ1) is 21.3. The van der Waals surface area contributed by atoms with Gasteiger partial charge < -0.3 is 4.40 Å². The highest BCUT2D eigenvalue weighted by molar-refractivity contribution is 6.38. The van der Waals surface area contributed by atoms with Crippen molar-refractivity contribution in [2.24, 2.45) is 0 Å². The molecular weight excluding hydrogens is 524 g/mol. The van der Waals surface area contributed by atoms with Crippen LogP contribution in [0.5, 0.6) is 0 Å². The first kappa shape index (κ1) is 22.8. The smallest absolute Gasteiger partial charge is 0.164 e. The minimum absolute atomic E-state index is 0.669. The first-order valence-corrected chi connectivity index (χ1v) is 14.6. The highest BCUT2D eigenvalue weighted by atomic mass is 15.0. The minimum atomic E-state index is 0.669. The van der Waals surface area contributed by atoms with Gasteiger partial charge in [0, 0.05) is 38.2 Å². The van der Waals surface area contributed by atoms with E-state index in [0.29, 0.717) is 17.5 Å². The van der Waals surface area contributed by atoms with Crippen LogP contribution in [0.2, 0.25) is 0 Å². The van der Waals surface area contributed by atoms with Crippen molar-refractivity contribution in [1.82, 2.24) is 19.4 Å². The van der Waals surface area contributed by atoms with E-state index in [1.807, 2.05) is 60.7 Å². The molecule has 0 spiro atoms. The Morgan fingerprint density at radius 3 is 1.58 bits per heavy atom. The summed E-state index contributed by atoms with van der Waals surface area (Å²) in [5.41, 5.74) is 6.64. The molecule has 3 heterocycles. The van der Waals surface area contributed by atoms with Gasteiger partial charge in [-0.2, -0.15) is 0 Å². The molecule has 3 aromatic heterocycles. The van der Waals surface area contributed by atoms with Crippen LogP contribution in [0.3, 0.4) is 0 Å². The van der Waals surface area contributed by atoms with Crippen LogP contribution in [-0.2, 0) is 0 Å². The monoisotopic (exact) mass is 546 g/mol. The minimum Gasteiger partial charge on any atom is -0.308 e. The number of rotatable bonds is 3. The summed E-state index contributed by atoms with van der Waals surface area (Å²) in [5.74, 6) is 2.01. The lowest BCUT2D eigenvalue weighted by Crippen LogP contribution is -2.00. The van der Waals surface area contributed by atoms with E-state index in [4.69, 9.17) is 15.0 Å². The van der Waals surface area contributed by atoms with Crippen molar-refractivity contribution in [3.8, 4) is 34.2 Å². The van der Waals surface area contributed by atoms with Crippen LogP contribution in [-0.4, -0.2) is 19.4 Å². The molecule has 10 aromatic rings. The standard InChI is InChI=1S/C39H22N4/c1-3-10-23(11-4-1)37-40-38(24-12-5-2-6-13-24)42-39(41-37)25-18-21-32-31(22-25)30-20-19-29-27-15-8-7-14-26(27)28-16-9-17-33-34(28)35(29)36(30)43(32)33/h1-22H. The average Bonchev–Trinajstić information content (AvgIpc) is 3.61. The van der Waals surface area contributed by atoms with Crippen molar-refractivity contribution in [3.63, 3.8) is 0 Å². The fourth-order valence-electron chi connectivity index (χ4n) is 7.08. The maximum Gasteiger partial charge on any atom is 0.164 e. The van der Waals surface area contributed by atoms with Gasteiger partial charge in [-0.3, -0.25) is 0 Å². The van der Waals surface area contributed by atoms with E-state index in [9.17, 15) is 0 Å². The second kappa shape index (κ2) is 8.34. The van der Waals surface area contributed by atoms with Gasteiger partial charge in [0.05, 0.1) is 16.6 Å². The lowest BCUT2D eigenvalue weighted by atomic mass is 9.93. The van der Waals surface area contributed by atoms with Crippen LogP contribution in [0.15, 0.2) is 133 Å². The largest absolute Gasteiger partial charge is 0.308 e. The molecule has 198 valence electrons. The Morgan fingerprint density at radius 1 is 0.349 bits per heavy atom. The number of nitrogens with zero attached hydrogens (tertiary/aromatic N) is 4. The van der Waals surface area contributed by atoms with Gasteiger partial charge in [-0.15, -0.1) is 0 Å². The number of hydrogen-bond acceptors (Lipinski definition) is 3. The summed E-state index contributed by atoms with van der Waals surface area (Å²) in [7, 11) is 0. The van der Waals surface area contributed by atoms with Crippen molar-refractivity contribution < 1.29 is 0 Å². The number of aromatic nitrogens is 4. The summed E-state index contributed by atoms with van der Waals surface area (Å²) in [6.45, 7) is 0. The number of fused-ring (bicyclic) bond motifs is 7. The fourth-order valence-corrected chi connectivity index (χ4v) is 7.08. The summed E-state index contributed by atoms with van der Waals surface area (Å²) in [4.78, 5) is 14.9. The topological polar surface area (TPSA) is 43.1 Å².